The normalized spacial score (nSPS) is 16.6. The largest absolute Gasteiger partial charge is 0.392 e. The van der Waals surface area contributed by atoms with Crippen molar-refractivity contribution >= 4 is 29.5 Å². The van der Waals surface area contributed by atoms with Gasteiger partial charge in [0.05, 0.1) is 10.6 Å². The zero-order valence-electron chi connectivity index (χ0n) is 14.3. The lowest BCUT2D eigenvalue weighted by atomic mass is 10.1. The van der Waals surface area contributed by atoms with E-state index in [1.165, 1.54) is 63.4 Å². The van der Waals surface area contributed by atoms with Crippen LogP contribution in [-0.2, 0) is 11.3 Å². The number of ether oxygens (including phenoxy) is 1. The van der Waals surface area contributed by atoms with Gasteiger partial charge in [-0.25, -0.2) is 4.98 Å². The second-order valence-electron chi connectivity index (χ2n) is 6.06. The number of thioether (sulfide) groups is 2. The number of rotatable bonds is 10. The number of aromatic nitrogens is 2. The van der Waals surface area contributed by atoms with E-state index in [1.54, 1.807) is 6.20 Å². The molecule has 0 bridgehead atoms. The van der Waals surface area contributed by atoms with Gasteiger partial charge in [0.15, 0.2) is 0 Å². The molecule has 0 atom stereocenters. The number of carbonyl (C=O) groups excluding carboxylic acids is 1. The van der Waals surface area contributed by atoms with Crippen molar-refractivity contribution in [1.82, 2.24) is 9.55 Å². The van der Waals surface area contributed by atoms with Crippen LogP contribution >= 0.6 is 23.5 Å². The van der Waals surface area contributed by atoms with Gasteiger partial charge in [-0.05, 0) is 6.42 Å². The first-order valence-corrected chi connectivity index (χ1v) is 10.6. The molecule has 0 saturated carbocycles. The standard InChI is InChI=1S/C17H28N2O2S2/c1-3-4-5-6-7-8-9-17(22-12-13-23-17)14-19-11-10-18-16(19)21-15(2)20/h10-11H,3-9,12-14H2,1-2H3. The molecule has 0 radical (unpaired) electrons. The van der Waals surface area contributed by atoms with Crippen molar-refractivity contribution in [2.75, 3.05) is 11.5 Å². The van der Waals surface area contributed by atoms with Crippen LogP contribution in [0.15, 0.2) is 12.4 Å². The molecule has 6 heteroatoms. The van der Waals surface area contributed by atoms with Gasteiger partial charge in [-0.15, -0.1) is 23.5 Å². The highest BCUT2D eigenvalue weighted by Crippen LogP contribution is 2.49. The fourth-order valence-electron chi connectivity index (χ4n) is 2.90. The number of unbranched alkanes of at least 4 members (excludes halogenated alkanes) is 5. The molecule has 1 aromatic heterocycles. The molecule has 0 amide bonds. The van der Waals surface area contributed by atoms with Gasteiger partial charge >= 0.3 is 12.0 Å². The van der Waals surface area contributed by atoms with Crippen LogP contribution in [0.2, 0.25) is 0 Å². The number of hydrogen-bond acceptors (Lipinski definition) is 5. The second kappa shape index (κ2) is 9.62. The molecule has 0 N–H and O–H groups in total. The van der Waals surface area contributed by atoms with E-state index < -0.39 is 0 Å². The Kier molecular flexibility index (Phi) is 7.83. The number of imidazole rings is 1. The molecule has 0 unspecified atom stereocenters. The monoisotopic (exact) mass is 356 g/mol. The van der Waals surface area contributed by atoms with Gasteiger partial charge in [0.25, 0.3) is 0 Å². The third kappa shape index (κ3) is 6.07. The first-order valence-electron chi connectivity index (χ1n) is 8.63. The lowest BCUT2D eigenvalue weighted by Gasteiger charge is -2.28. The molecular formula is C17H28N2O2S2. The van der Waals surface area contributed by atoms with E-state index in [0.717, 1.165) is 6.54 Å². The topological polar surface area (TPSA) is 44.1 Å². The molecule has 4 nitrogen and oxygen atoms in total. The van der Waals surface area contributed by atoms with Crippen molar-refractivity contribution in [2.45, 2.75) is 69.4 Å². The maximum absolute atomic E-state index is 11.2. The molecule has 2 rings (SSSR count). The van der Waals surface area contributed by atoms with E-state index in [4.69, 9.17) is 4.74 Å². The Labute approximate surface area is 148 Å². The highest BCUT2D eigenvalue weighted by Gasteiger charge is 2.36. The Morgan fingerprint density at radius 2 is 1.96 bits per heavy atom. The second-order valence-corrected chi connectivity index (χ2v) is 9.27. The molecular weight excluding hydrogens is 328 g/mol. The Bertz CT molecular complexity index is 485. The van der Waals surface area contributed by atoms with Gasteiger partial charge in [0.1, 0.15) is 0 Å². The summed E-state index contributed by atoms with van der Waals surface area (Å²) in [7, 11) is 0. The smallest absolute Gasteiger partial charge is 0.310 e. The van der Waals surface area contributed by atoms with Gasteiger partial charge < -0.3 is 4.74 Å². The van der Waals surface area contributed by atoms with Gasteiger partial charge in [-0.2, -0.15) is 0 Å². The van der Waals surface area contributed by atoms with E-state index in [2.05, 4.69) is 35.4 Å². The van der Waals surface area contributed by atoms with Crippen molar-refractivity contribution in [3.05, 3.63) is 12.4 Å². The number of hydrogen-bond donors (Lipinski definition) is 0. The van der Waals surface area contributed by atoms with Crippen molar-refractivity contribution in [3.8, 4) is 6.01 Å². The third-order valence-corrected chi connectivity index (χ3v) is 7.55. The van der Waals surface area contributed by atoms with E-state index in [-0.39, 0.29) is 10.0 Å². The molecule has 1 aromatic rings. The SMILES string of the molecule is CCCCCCCCC1(Cn2ccnc2OC(C)=O)SCCS1. The summed E-state index contributed by atoms with van der Waals surface area (Å²) < 4.78 is 7.40. The molecule has 0 spiro atoms. The zero-order chi connectivity index (χ0) is 16.5. The van der Waals surface area contributed by atoms with Crippen LogP contribution < -0.4 is 4.74 Å². The molecule has 23 heavy (non-hydrogen) atoms. The van der Waals surface area contributed by atoms with E-state index in [1.807, 2.05) is 10.8 Å². The number of esters is 1. The summed E-state index contributed by atoms with van der Waals surface area (Å²) in [5.41, 5.74) is 0. The van der Waals surface area contributed by atoms with Gasteiger partial charge in [-0.3, -0.25) is 9.36 Å². The zero-order valence-corrected chi connectivity index (χ0v) is 15.9. The third-order valence-electron chi connectivity index (χ3n) is 4.05. The van der Waals surface area contributed by atoms with Crippen LogP contribution in [0.4, 0.5) is 0 Å². The predicted octanol–water partition coefficient (Wildman–Crippen LogP) is 4.74. The molecule has 1 saturated heterocycles. The summed E-state index contributed by atoms with van der Waals surface area (Å²) in [6.45, 7) is 4.54. The van der Waals surface area contributed by atoms with Crippen LogP contribution in [0.25, 0.3) is 0 Å². The molecule has 130 valence electrons. The Balaban J connectivity index is 1.88. The summed E-state index contributed by atoms with van der Waals surface area (Å²) in [5, 5.41) is 0. The van der Waals surface area contributed by atoms with E-state index in [0.29, 0.717) is 6.01 Å². The first kappa shape index (κ1) is 18.7. The lowest BCUT2D eigenvalue weighted by Crippen LogP contribution is -2.25. The molecule has 1 aliphatic heterocycles. The summed E-state index contributed by atoms with van der Waals surface area (Å²) in [5.74, 6) is 2.10. The predicted molar refractivity (Wildman–Crippen MR) is 99.2 cm³/mol. The van der Waals surface area contributed by atoms with Crippen LogP contribution in [-0.4, -0.2) is 31.1 Å². The fourth-order valence-corrected chi connectivity index (χ4v) is 6.18. The van der Waals surface area contributed by atoms with Crippen molar-refractivity contribution in [3.63, 3.8) is 0 Å². The molecule has 1 aliphatic rings. The molecule has 1 fully saturated rings. The first-order chi connectivity index (χ1) is 11.2. The number of carbonyl (C=O) groups is 1. The maximum Gasteiger partial charge on any atom is 0.310 e. The maximum atomic E-state index is 11.2. The Hall–Kier alpha value is -0.620. The van der Waals surface area contributed by atoms with Crippen LogP contribution in [0.5, 0.6) is 6.01 Å². The summed E-state index contributed by atoms with van der Waals surface area (Å²) >= 11 is 4.12. The minimum Gasteiger partial charge on any atom is -0.392 e. The lowest BCUT2D eigenvalue weighted by molar-refractivity contribution is -0.132. The van der Waals surface area contributed by atoms with E-state index in [9.17, 15) is 4.79 Å². The number of nitrogens with zero attached hydrogens (tertiary/aromatic N) is 2. The molecule has 0 aliphatic carbocycles. The van der Waals surface area contributed by atoms with Gasteiger partial charge in [0, 0.05) is 30.8 Å². The Morgan fingerprint density at radius 1 is 1.26 bits per heavy atom. The molecule has 2 heterocycles. The van der Waals surface area contributed by atoms with Crippen molar-refractivity contribution in [2.24, 2.45) is 0 Å². The summed E-state index contributed by atoms with van der Waals surface area (Å²) in [6, 6.07) is 0.424. The average molecular weight is 357 g/mol. The minimum absolute atomic E-state index is 0.209. The highest BCUT2D eigenvalue weighted by molar-refractivity contribution is 8.21. The van der Waals surface area contributed by atoms with Crippen molar-refractivity contribution < 1.29 is 9.53 Å². The summed E-state index contributed by atoms with van der Waals surface area (Å²) in [6.07, 6.45) is 12.8. The van der Waals surface area contributed by atoms with E-state index >= 15 is 0 Å². The average Bonchev–Trinajstić information content (AvgIpc) is 3.14. The van der Waals surface area contributed by atoms with Crippen molar-refractivity contribution in [1.29, 1.82) is 0 Å². The summed E-state index contributed by atoms with van der Waals surface area (Å²) in [4.78, 5) is 15.4. The van der Waals surface area contributed by atoms with Gasteiger partial charge in [-0.1, -0.05) is 45.4 Å². The van der Waals surface area contributed by atoms with Crippen LogP contribution in [0, 0.1) is 0 Å². The Morgan fingerprint density at radius 3 is 2.65 bits per heavy atom. The highest BCUT2D eigenvalue weighted by atomic mass is 32.2. The van der Waals surface area contributed by atoms with Gasteiger partial charge in [0.2, 0.25) is 0 Å². The minimum atomic E-state index is -0.311. The van der Waals surface area contributed by atoms with Crippen LogP contribution in [0.1, 0.15) is 58.8 Å². The van der Waals surface area contributed by atoms with Crippen LogP contribution in [0.3, 0.4) is 0 Å². The fraction of sp³-hybridized carbons (Fsp3) is 0.765. The molecule has 0 aromatic carbocycles. The quantitative estimate of drug-likeness (QED) is 0.448.